The minimum absolute atomic E-state index is 0.100. The average Bonchev–Trinajstić information content (AvgIpc) is 2.06. The van der Waals surface area contributed by atoms with Crippen molar-refractivity contribution in [3.8, 4) is 0 Å². The first-order chi connectivity index (χ1) is 5.38. The van der Waals surface area contributed by atoms with E-state index < -0.39 is 0 Å². The molecule has 0 aliphatic heterocycles. The summed E-state index contributed by atoms with van der Waals surface area (Å²) in [7, 11) is 0. The van der Waals surface area contributed by atoms with Crippen LogP contribution in [0.25, 0.3) is 0 Å². The smallest absolute Gasteiger partial charge is 0.0699 e. The Morgan fingerprint density at radius 3 is 3.00 bits per heavy atom. The van der Waals surface area contributed by atoms with E-state index in [0.29, 0.717) is 0 Å². The predicted molar refractivity (Wildman–Crippen MR) is 44.2 cm³/mol. The molecular weight excluding hydrogens is 138 g/mol. The molecule has 0 unspecified atom stereocenters. The lowest BCUT2D eigenvalue weighted by molar-refractivity contribution is 0.280. The van der Waals surface area contributed by atoms with Gasteiger partial charge in [-0.2, -0.15) is 0 Å². The topological polar surface area (TPSA) is 33.1 Å². The number of rotatable bonds is 3. The number of hydrogen-bond donors (Lipinski definition) is 1. The van der Waals surface area contributed by atoms with Gasteiger partial charge in [0.05, 0.1) is 6.61 Å². The van der Waals surface area contributed by atoms with Gasteiger partial charge in [0.25, 0.3) is 0 Å². The van der Waals surface area contributed by atoms with Gasteiger partial charge in [0.2, 0.25) is 0 Å². The summed E-state index contributed by atoms with van der Waals surface area (Å²) in [5, 5.41) is 8.91. The highest BCUT2D eigenvalue weighted by Gasteiger charge is 1.98. The third-order valence-electron chi connectivity index (χ3n) is 1.64. The SMILES string of the molecule is CCCc1ncccc1CO. The van der Waals surface area contributed by atoms with Crippen molar-refractivity contribution in [2.45, 2.75) is 26.4 Å². The Bertz CT molecular complexity index is 223. The maximum atomic E-state index is 8.91. The van der Waals surface area contributed by atoms with Crippen LogP contribution in [0.4, 0.5) is 0 Å². The van der Waals surface area contributed by atoms with Crippen LogP contribution in [0.5, 0.6) is 0 Å². The van der Waals surface area contributed by atoms with Crippen LogP contribution >= 0.6 is 0 Å². The Kier molecular flexibility index (Phi) is 3.05. The second-order valence-electron chi connectivity index (χ2n) is 2.52. The van der Waals surface area contributed by atoms with Gasteiger partial charge in [-0.05, 0) is 18.1 Å². The summed E-state index contributed by atoms with van der Waals surface area (Å²) in [4.78, 5) is 4.18. The molecule has 0 atom stereocenters. The predicted octanol–water partition coefficient (Wildman–Crippen LogP) is 1.53. The van der Waals surface area contributed by atoms with E-state index in [-0.39, 0.29) is 6.61 Å². The zero-order chi connectivity index (χ0) is 8.10. The van der Waals surface area contributed by atoms with Crippen molar-refractivity contribution in [1.82, 2.24) is 4.98 Å². The van der Waals surface area contributed by atoms with Crippen molar-refractivity contribution in [3.63, 3.8) is 0 Å². The molecule has 2 nitrogen and oxygen atoms in total. The first-order valence-corrected chi connectivity index (χ1v) is 3.92. The fourth-order valence-corrected chi connectivity index (χ4v) is 1.08. The third-order valence-corrected chi connectivity index (χ3v) is 1.64. The average molecular weight is 151 g/mol. The van der Waals surface area contributed by atoms with Gasteiger partial charge >= 0.3 is 0 Å². The van der Waals surface area contributed by atoms with E-state index in [1.165, 1.54) is 0 Å². The van der Waals surface area contributed by atoms with Crippen molar-refractivity contribution in [3.05, 3.63) is 29.6 Å². The van der Waals surface area contributed by atoms with Crippen LogP contribution in [0.3, 0.4) is 0 Å². The van der Waals surface area contributed by atoms with Crippen molar-refractivity contribution >= 4 is 0 Å². The molecule has 0 fully saturated rings. The van der Waals surface area contributed by atoms with E-state index in [1.54, 1.807) is 6.20 Å². The summed E-state index contributed by atoms with van der Waals surface area (Å²) in [6.07, 6.45) is 3.80. The lowest BCUT2D eigenvalue weighted by Crippen LogP contribution is -1.96. The number of hydrogen-bond acceptors (Lipinski definition) is 2. The Morgan fingerprint density at radius 1 is 1.55 bits per heavy atom. The highest BCUT2D eigenvalue weighted by Crippen LogP contribution is 2.06. The Labute approximate surface area is 66.9 Å². The molecule has 1 rings (SSSR count). The van der Waals surface area contributed by atoms with Crippen LogP contribution < -0.4 is 0 Å². The Morgan fingerprint density at radius 2 is 2.36 bits per heavy atom. The second-order valence-corrected chi connectivity index (χ2v) is 2.52. The van der Waals surface area contributed by atoms with Crippen LogP contribution in [-0.2, 0) is 13.0 Å². The first-order valence-electron chi connectivity index (χ1n) is 3.92. The molecule has 0 aliphatic carbocycles. The molecule has 60 valence electrons. The van der Waals surface area contributed by atoms with Crippen LogP contribution in [0.1, 0.15) is 24.6 Å². The number of pyridine rings is 1. The lowest BCUT2D eigenvalue weighted by atomic mass is 10.1. The first kappa shape index (κ1) is 8.21. The van der Waals surface area contributed by atoms with Gasteiger partial charge in [-0.25, -0.2) is 0 Å². The van der Waals surface area contributed by atoms with Gasteiger partial charge in [0.15, 0.2) is 0 Å². The van der Waals surface area contributed by atoms with Gasteiger partial charge in [0, 0.05) is 11.9 Å². The van der Waals surface area contributed by atoms with Gasteiger partial charge in [0.1, 0.15) is 0 Å². The van der Waals surface area contributed by atoms with Crippen LogP contribution in [0, 0.1) is 0 Å². The van der Waals surface area contributed by atoms with E-state index in [1.807, 2.05) is 12.1 Å². The molecule has 1 aromatic heterocycles. The lowest BCUT2D eigenvalue weighted by Gasteiger charge is -2.02. The Hall–Kier alpha value is -0.890. The van der Waals surface area contributed by atoms with Gasteiger partial charge in [-0.15, -0.1) is 0 Å². The molecule has 0 bridgehead atoms. The van der Waals surface area contributed by atoms with Crippen molar-refractivity contribution in [2.75, 3.05) is 0 Å². The van der Waals surface area contributed by atoms with Crippen LogP contribution in [-0.4, -0.2) is 10.1 Å². The quantitative estimate of drug-likeness (QED) is 0.710. The van der Waals surface area contributed by atoms with E-state index in [0.717, 1.165) is 24.1 Å². The highest BCUT2D eigenvalue weighted by molar-refractivity contribution is 5.18. The highest BCUT2D eigenvalue weighted by atomic mass is 16.3. The zero-order valence-corrected chi connectivity index (χ0v) is 6.75. The van der Waals surface area contributed by atoms with Gasteiger partial charge in [-0.1, -0.05) is 19.4 Å². The normalized spacial score (nSPS) is 10.0. The van der Waals surface area contributed by atoms with Crippen molar-refractivity contribution < 1.29 is 5.11 Å². The molecule has 0 aliphatic rings. The summed E-state index contributed by atoms with van der Waals surface area (Å²) >= 11 is 0. The van der Waals surface area contributed by atoms with Crippen molar-refractivity contribution in [2.24, 2.45) is 0 Å². The molecule has 0 aromatic carbocycles. The number of aryl methyl sites for hydroxylation is 1. The molecule has 1 aromatic rings. The summed E-state index contributed by atoms with van der Waals surface area (Å²) in [5.41, 5.74) is 1.98. The van der Waals surface area contributed by atoms with Crippen LogP contribution in [0.2, 0.25) is 0 Å². The molecule has 1 heterocycles. The monoisotopic (exact) mass is 151 g/mol. The van der Waals surface area contributed by atoms with E-state index in [9.17, 15) is 0 Å². The van der Waals surface area contributed by atoms with Gasteiger partial charge in [-0.3, -0.25) is 4.98 Å². The molecular formula is C9H13NO. The second kappa shape index (κ2) is 4.09. The summed E-state index contributed by atoms with van der Waals surface area (Å²) in [6.45, 7) is 2.21. The zero-order valence-electron chi connectivity index (χ0n) is 6.75. The summed E-state index contributed by atoms with van der Waals surface area (Å²) < 4.78 is 0. The fraction of sp³-hybridized carbons (Fsp3) is 0.444. The number of aliphatic hydroxyl groups is 1. The van der Waals surface area contributed by atoms with E-state index >= 15 is 0 Å². The van der Waals surface area contributed by atoms with Crippen molar-refractivity contribution in [1.29, 1.82) is 0 Å². The summed E-state index contributed by atoms with van der Waals surface area (Å²) in [5.74, 6) is 0. The standard InChI is InChI=1S/C9H13NO/c1-2-4-9-8(7-11)5-3-6-10-9/h3,5-6,11H,2,4,7H2,1H3. The molecule has 0 saturated heterocycles. The van der Waals surface area contributed by atoms with E-state index in [4.69, 9.17) is 5.11 Å². The number of nitrogens with zero attached hydrogens (tertiary/aromatic N) is 1. The summed E-state index contributed by atoms with van der Waals surface area (Å²) in [6, 6.07) is 3.77. The maximum Gasteiger partial charge on any atom is 0.0699 e. The molecule has 11 heavy (non-hydrogen) atoms. The number of aromatic nitrogens is 1. The molecule has 0 saturated carbocycles. The minimum Gasteiger partial charge on any atom is -0.392 e. The van der Waals surface area contributed by atoms with E-state index in [2.05, 4.69) is 11.9 Å². The molecule has 0 amide bonds. The minimum atomic E-state index is 0.100. The Balaban J connectivity index is 2.83. The fourth-order valence-electron chi connectivity index (χ4n) is 1.08. The largest absolute Gasteiger partial charge is 0.392 e. The molecule has 2 heteroatoms. The molecule has 1 N–H and O–H groups in total. The molecule has 0 radical (unpaired) electrons. The van der Waals surface area contributed by atoms with Gasteiger partial charge < -0.3 is 5.11 Å². The van der Waals surface area contributed by atoms with Crippen LogP contribution in [0.15, 0.2) is 18.3 Å². The number of aliphatic hydroxyl groups excluding tert-OH is 1. The third kappa shape index (κ3) is 2.02. The molecule has 0 spiro atoms. The maximum absolute atomic E-state index is 8.91.